The molecular formula is C13H13IN2O4. The number of carbonyl (C=O) groups is 3. The normalized spacial score (nSPS) is 14.9. The van der Waals surface area contributed by atoms with Gasteiger partial charge >= 0.3 is 12.0 Å². The Bertz CT molecular complexity index is 547. The van der Waals surface area contributed by atoms with Gasteiger partial charge in [0.1, 0.15) is 13.2 Å². The minimum Gasteiger partial charge on any atom is -0.459 e. The second kappa shape index (κ2) is 6.69. The molecular weight excluding hydrogens is 375 g/mol. The van der Waals surface area contributed by atoms with Gasteiger partial charge in [-0.25, -0.2) is 4.79 Å². The fourth-order valence-electron chi connectivity index (χ4n) is 1.72. The molecule has 6 nitrogen and oxygen atoms in total. The van der Waals surface area contributed by atoms with Gasteiger partial charge in [-0.15, -0.1) is 0 Å². The number of esters is 1. The third kappa shape index (κ3) is 3.92. The first-order valence-corrected chi connectivity index (χ1v) is 7.12. The molecule has 106 valence electrons. The third-order valence-electron chi connectivity index (χ3n) is 2.81. The summed E-state index contributed by atoms with van der Waals surface area (Å²) in [6.45, 7) is 0.261. The van der Waals surface area contributed by atoms with Crippen molar-refractivity contribution in [3.8, 4) is 0 Å². The lowest BCUT2D eigenvalue weighted by Gasteiger charge is -2.25. The van der Waals surface area contributed by atoms with E-state index in [-0.39, 0.29) is 32.0 Å². The summed E-state index contributed by atoms with van der Waals surface area (Å²) in [4.78, 5) is 35.4. The van der Waals surface area contributed by atoms with Crippen LogP contribution in [-0.4, -0.2) is 35.9 Å². The Morgan fingerprint density at radius 3 is 2.80 bits per heavy atom. The number of nitrogens with one attached hydrogen (secondary N) is 1. The van der Waals surface area contributed by atoms with Crippen LogP contribution in [0.15, 0.2) is 24.3 Å². The van der Waals surface area contributed by atoms with Gasteiger partial charge in [-0.05, 0) is 28.7 Å². The zero-order valence-electron chi connectivity index (χ0n) is 10.6. The van der Waals surface area contributed by atoms with Crippen molar-refractivity contribution < 1.29 is 19.1 Å². The monoisotopic (exact) mass is 388 g/mol. The van der Waals surface area contributed by atoms with E-state index >= 15 is 0 Å². The molecule has 0 atom stereocenters. The van der Waals surface area contributed by atoms with Crippen molar-refractivity contribution in [1.82, 2.24) is 10.2 Å². The quantitative estimate of drug-likeness (QED) is 0.623. The Morgan fingerprint density at radius 1 is 1.35 bits per heavy atom. The summed E-state index contributed by atoms with van der Waals surface area (Å²) >= 11 is 2.16. The molecule has 1 aromatic carbocycles. The van der Waals surface area contributed by atoms with Crippen LogP contribution in [0.4, 0.5) is 4.79 Å². The molecule has 0 aromatic heterocycles. The number of hydrogen-bond donors (Lipinski definition) is 1. The van der Waals surface area contributed by atoms with Crippen LogP contribution in [0.1, 0.15) is 12.0 Å². The van der Waals surface area contributed by atoms with Crippen LogP contribution in [0, 0.1) is 3.57 Å². The van der Waals surface area contributed by atoms with E-state index in [4.69, 9.17) is 4.74 Å². The van der Waals surface area contributed by atoms with Crippen LogP contribution in [0.5, 0.6) is 0 Å². The van der Waals surface area contributed by atoms with Crippen molar-refractivity contribution in [3.05, 3.63) is 33.4 Å². The summed E-state index contributed by atoms with van der Waals surface area (Å²) in [5.74, 6) is -0.812. The second-order valence-corrected chi connectivity index (χ2v) is 5.44. The van der Waals surface area contributed by atoms with Crippen molar-refractivity contribution in [3.63, 3.8) is 0 Å². The van der Waals surface area contributed by atoms with Crippen molar-refractivity contribution in [2.75, 3.05) is 13.1 Å². The van der Waals surface area contributed by atoms with Crippen LogP contribution in [0.2, 0.25) is 0 Å². The number of hydrogen-bond acceptors (Lipinski definition) is 4. The van der Waals surface area contributed by atoms with E-state index in [1.165, 1.54) is 4.90 Å². The lowest BCUT2D eigenvalue weighted by molar-refractivity contribution is -0.146. The molecule has 1 aliphatic heterocycles. The molecule has 1 saturated heterocycles. The lowest BCUT2D eigenvalue weighted by atomic mass is 10.2. The van der Waals surface area contributed by atoms with E-state index in [1.807, 2.05) is 24.3 Å². The maximum atomic E-state index is 11.7. The average molecular weight is 388 g/mol. The highest BCUT2D eigenvalue weighted by Crippen LogP contribution is 2.12. The first-order chi connectivity index (χ1) is 9.56. The van der Waals surface area contributed by atoms with Gasteiger partial charge in [-0.1, -0.05) is 18.2 Å². The molecule has 0 aliphatic carbocycles. The molecule has 3 amide bonds. The highest BCUT2D eigenvalue weighted by atomic mass is 127. The first-order valence-electron chi connectivity index (χ1n) is 6.04. The number of urea groups is 1. The van der Waals surface area contributed by atoms with Gasteiger partial charge in [0.2, 0.25) is 5.91 Å². The summed E-state index contributed by atoms with van der Waals surface area (Å²) in [6, 6.07) is 7.03. The molecule has 20 heavy (non-hydrogen) atoms. The van der Waals surface area contributed by atoms with E-state index in [9.17, 15) is 14.4 Å². The van der Waals surface area contributed by atoms with E-state index < -0.39 is 12.0 Å². The third-order valence-corrected chi connectivity index (χ3v) is 3.86. The molecule has 1 aromatic rings. The summed E-state index contributed by atoms with van der Waals surface area (Å²) in [6.07, 6.45) is 0.204. The summed E-state index contributed by atoms with van der Waals surface area (Å²) in [5, 5.41) is 2.16. The van der Waals surface area contributed by atoms with Crippen LogP contribution in [0.25, 0.3) is 0 Å². The highest BCUT2D eigenvalue weighted by Gasteiger charge is 2.25. The van der Waals surface area contributed by atoms with Crippen molar-refractivity contribution in [2.24, 2.45) is 0 Å². The standard InChI is InChI=1S/C13H13IN2O4/c14-10-4-2-1-3-9(10)8-20-12(18)7-16-6-5-11(17)15-13(16)19/h1-4H,5-8H2,(H,15,17,19). The van der Waals surface area contributed by atoms with Crippen molar-refractivity contribution in [1.29, 1.82) is 0 Å². The fourth-order valence-corrected chi connectivity index (χ4v) is 2.27. The Kier molecular flexibility index (Phi) is 4.94. The van der Waals surface area contributed by atoms with Crippen LogP contribution in [0.3, 0.4) is 0 Å². The number of carbonyl (C=O) groups excluding carboxylic acids is 3. The number of halogens is 1. The smallest absolute Gasteiger partial charge is 0.326 e. The van der Waals surface area contributed by atoms with Gasteiger partial charge in [0.05, 0.1) is 0 Å². The molecule has 0 saturated carbocycles. The lowest BCUT2D eigenvalue weighted by Crippen LogP contribution is -2.51. The van der Waals surface area contributed by atoms with Gasteiger partial charge in [0.15, 0.2) is 0 Å². The van der Waals surface area contributed by atoms with Gasteiger partial charge in [-0.2, -0.15) is 0 Å². The second-order valence-electron chi connectivity index (χ2n) is 4.28. The molecule has 0 bridgehead atoms. The van der Waals surface area contributed by atoms with Crippen LogP contribution >= 0.6 is 22.6 Å². The Labute approximate surface area is 129 Å². The number of nitrogens with zero attached hydrogens (tertiary/aromatic N) is 1. The maximum Gasteiger partial charge on any atom is 0.326 e. The molecule has 0 radical (unpaired) electrons. The Balaban J connectivity index is 1.83. The number of amides is 3. The number of ether oxygens (including phenoxy) is 1. The summed E-state index contributed by atoms with van der Waals surface area (Å²) in [5.41, 5.74) is 0.916. The first kappa shape index (κ1) is 14.8. The molecule has 2 rings (SSSR count). The molecule has 1 aliphatic rings. The highest BCUT2D eigenvalue weighted by molar-refractivity contribution is 14.1. The Hall–Kier alpha value is -1.64. The van der Waals surface area contributed by atoms with Crippen LogP contribution < -0.4 is 5.32 Å². The van der Waals surface area contributed by atoms with E-state index in [0.717, 1.165) is 9.13 Å². The Morgan fingerprint density at radius 2 is 2.10 bits per heavy atom. The van der Waals surface area contributed by atoms with E-state index in [2.05, 4.69) is 27.9 Å². The molecule has 7 heteroatoms. The van der Waals surface area contributed by atoms with Gasteiger partial charge in [0.25, 0.3) is 0 Å². The largest absolute Gasteiger partial charge is 0.459 e. The minimum absolute atomic E-state index is 0.150. The van der Waals surface area contributed by atoms with Gasteiger partial charge in [-0.3, -0.25) is 14.9 Å². The maximum absolute atomic E-state index is 11.7. The van der Waals surface area contributed by atoms with Crippen molar-refractivity contribution >= 4 is 40.5 Å². The SMILES string of the molecule is O=C1CCN(CC(=O)OCc2ccccc2I)C(=O)N1. The number of imide groups is 1. The minimum atomic E-state index is -0.549. The van der Waals surface area contributed by atoms with E-state index in [0.29, 0.717) is 0 Å². The molecule has 1 fully saturated rings. The fraction of sp³-hybridized carbons (Fsp3) is 0.308. The summed E-state index contributed by atoms with van der Waals surface area (Å²) < 4.78 is 6.15. The zero-order valence-corrected chi connectivity index (χ0v) is 12.8. The van der Waals surface area contributed by atoms with Crippen LogP contribution in [-0.2, 0) is 20.9 Å². The molecule has 0 spiro atoms. The number of rotatable bonds is 4. The molecule has 0 unspecified atom stereocenters. The summed E-state index contributed by atoms with van der Waals surface area (Å²) in [7, 11) is 0. The predicted molar refractivity (Wildman–Crippen MR) is 78.7 cm³/mol. The average Bonchev–Trinajstić information content (AvgIpc) is 2.41. The van der Waals surface area contributed by atoms with Crippen molar-refractivity contribution in [2.45, 2.75) is 13.0 Å². The zero-order chi connectivity index (χ0) is 14.5. The van der Waals surface area contributed by atoms with E-state index in [1.54, 1.807) is 0 Å². The number of benzene rings is 1. The van der Waals surface area contributed by atoms with Gasteiger partial charge < -0.3 is 9.64 Å². The predicted octanol–water partition coefficient (Wildman–Crippen LogP) is 1.28. The van der Waals surface area contributed by atoms with Gasteiger partial charge in [0, 0.05) is 22.1 Å². The molecule has 1 heterocycles. The molecule has 1 N–H and O–H groups in total. The topological polar surface area (TPSA) is 75.7 Å².